The van der Waals surface area contributed by atoms with Gasteiger partial charge in [-0.25, -0.2) is 13.4 Å². The third-order valence-corrected chi connectivity index (χ3v) is 7.74. The standard InChI is InChI=1S/C24H19ClN4O4S/c25-20-5-3-19-12-22(8-4-18(19)11-20)34(32,33)28-14-23(30)29(24(31)15-28)13-17-1-6-21(7-2-17)27-10-9-26-16-27/h1-12,16H,13-15H2. The average molecular weight is 495 g/mol. The van der Waals surface area contributed by atoms with Crippen molar-refractivity contribution in [2.75, 3.05) is 13.1 Å². The van der Waals surface area contributed by atoms with Crippen LogP contribution in [0, 0.1) is 0 Å². The quantitative estimate of drug-likeness (QED) is 0.397. The molecule has 34 heavy (non-hydrogen) atoms. The van der Waals surface area contributed by atoms with Crippen LogP contribution in [-0.4, -0.2) is 52.1 Å². The van der Waals surface area contributed by atoms with Crippen LogP contribution in [-0.2, 0) is 26.2 Å². The average Bonchev–Trinajstić information content (AvgIpc) is 3.36. The van der Waals surface area contributed by atoms with Gasteiger partial charge in [0.25, 0.3) is 0 Å². The number of rotatable bonds is 5. The van der Waals surface area contributed by atoms with E-state index in [4.69, 9.17) is 11.6 Å². The number of imidazole rings is 1. The summed E-state index contributed by atoms with van der Waals surface area (Å²) < 4.78 is 29.1. The van der Waals surface area contributed by atoms with E-state index in [9.17, 15) is 18.0 Å². The van der Waals surface area contributed by atoms with E-state index in [1.165, 1.54) is 12.1 Å². The van der Waals surface area contributed by atoms with E-state index in [0.29, 0.717) is 10.4 Å². The van der Waals surface area contributed by atoms with Gasteiger partial charge in [0.05, 0.1) is 30.9 Å². The van der Waals surface area contributed by atoms with Crippen LogP contribution in [0.1, 0.15) is 5.56 Å². The highest BCUT2D eigenvalue weighted by Crippen LogP contribution is 2.26. The SMILES string of the molecule is O=C1CN(S(=O)(=O)c2ccc3cc(Cl)ccc3c2)CC(=O)N1Cc1ccc(-n2ccnc2)cc1. The zero-order valence-corrected chi connectivity index (χ0v) is 19.4. The number of nitrogens with zero attached hydrogens (tertiary/aromatic N) is 4. The van der Waals surface area contributed by atoms with Crippen LogP contribution in [0.4, 0.5) is 0 Å². The molecule has 1 aromatic heterocycles. The number of carbonyl (C=O) groups is 2. The number of amides is 2. The van der Waals surface area contributed by atoms with E-state index < -0.39 is 34.9 Å². The molecule has 4 aromatic rings. The van der Waals surface area contributed by atoms with Crippen molar-refractivity contribution < 1.29 is 18.0 Å². The van der Waals surface area contributed by atoms with Crippen molar-refractivity contribution in [3.8, 4) is 5.69 Å². The largest absolute Gasteiger partial charge is 0.306 e. The van der Waals surface area contributed by atoms with Crippen molar-refractivity contribution in [2.45, 2.75) is 11.4 Å². The number of aromatic nitrogens is 2. The summed E-state index contributed by atoms with van der Waals surface area (Å²) in [5.41, 5.74) is 1.66. The first-order chi connectivity index (χ1) is 16.3. The lowest BCUT2D eigenvalue weighted by Crippen LogP contribution is -2.54. The Hall–Kier alpha value is -3.53. The summed E-state index contributed by atoms with van der Waals surface area (Å²) in [5, 5.41) is 2.04. The van der Waals surface area contributed by atoms with E-state index in [1.54, 1.807) is 36.8 Å². The zero-order valence-electron chi connectivity index (χ0n) is 17.8. The molecule has 2 amide bonds. The van der Waals surface area contributed by atoms with E-state index in [1.807, 2.05) is 35.0 Å². The first-order valence-electron chi connectivity index (χ1n) is 10.4. The van der Waals surface area contributed by atoms with Crippen LogP contribution in [0.5, 0.6) is 0 Å². The Balaban J connectivity index is 1.32. The van der Waals surface area contributed by atoms with Gasteiger partial charge < -0.3 is 4.57 Å². The first-order valence-corrected chi connectivity index (χ1v) is 12.2. The van der Waals surface area contributed by atoms with Gasteiger partial charge in [0.15, 0.2) is 0 Å². The number of fused-ring (bicyclic) bond motifs is 1. The highest BCUT2D eigenvalue weighted by molar-refractivity contribution is 7.89. The maximum Gasteiger partial charge on any atom is 0.244 e. The predicted molar refractivity (Wildman–Crippen MR) is 127 cm³/mol. The van der Waals surface area contributed by atoms with Gasteiger partial charge in [-0.3, -0.25) is 14.5 Å². The number of halogens is 1. The summed E-state index contributed by atoms with van der Waals surface area (Å²) >= 11 is 6.00. The highest BCUT2D eigenvalue weighted by atomic mass is 35.5. The Morgan fingerprint density at radius 1 is 0.882 bits per heavy atom. The topological polar surface area (TPSA) is 92.6 Å². The molecule has 1 aliphatic heterocycles. The smallest absolute Gasteiger partial charge is 0.244 e. The molecule has 0 radical (unpaired) electrons. The minimum atomic E-state index is -4.03. The zero-order chi connectivity index (χ0) is 23.9. The van der Waals surface area contributed by atoms with Crippen molar-refractivity contribution >= 4 is 44.2 Å². The van der Waals surface area contributed by atoms with Gasteiger partial charge in [0.2, 0.25) is 21.8 Å². The molecule has 10 heteroatoms. The lowest BCUT2D eigenvalue weighted by Gasteiger charge is -2.32. The Bertz CT molecular complexity index is 1480. The molecule has 0 unspecified atom stereocenters. The van der Waals surface area contributed by atoms with E-state index in [2.05, 4.69) is 4.98 Å². The van der Waals surface area contributed by atoms with Crippen LogP contribution >= 0.6 is 11.6 Å². The summed E-state index contributed by atoms with van der Waals surface area (Å²) in [7, 11) is -4.03. The Morgan fingerprint density at radius 2 is 1.56 bits per heavy atom. The maximum absolute atomic E-state index is 13.2. The monoisotopic (exact) mass is 494 g/mol. The van der Waals surface area contributed by atoms with Crippen molar-refractivity contribution in [2.24, 2.45) is 0 Å². The number of carbonyl (C=O) groups excluding carboxylic acids is 2. The van der Waals surface area contributed by atoms with Crippen LogP contribution in [0.15, 0.2) is 84.3 Å². The number of hydrogen-bond donors (Lipinski definition) is 0. The second kappa shape index (κ2) is 8.68. The number of hydrogen-bond acceptors (Lipinski definition) is 5. The Morgan fingerprint density at radius 3 is 2.24 bits per heavy atom. The molecule has 0 bridgehead atoms. The number of sulfonamides is 1. The third-order valence-electron chi connectivity index (χ3n) is 5.72. The van der Waals surface area contributed by atoms with Crippen molar-refractivity contribution in [3.05, 3.63) is 90.0 Å². The van der Waals surface area contributed by atoms with Crippen LogP contribution in [0.3, 0.4) is 0 Å². The molecule has 3 aromatic carbocycles. The molecule has 1 fully saturated rings. The first kappa shape index (κ1) is 22.3. The molecular formula is C24H19ClN4O4S. The molecule has 0 atom stereocenters. The van der Waals surface area contributed by atoms with Gasteiger partial charge >= 0.3 is 0 Å². The van der Waals surface area contributed by atoms with Gasteiger partial charge in [-0.2, -0.15) is 4.31 Å². The molecule has 1 aliphatic rings. The molecule has 1 saturated heterocycles. The fraction of sp³-hybridized carbons (Fsp3) is 0.125. The summed E-state index contributed by atoms with van der Waals surface area (Å²) in [4.78, 5) is 30.7. The highest BCUT2D eigenvalue weighted by Gasteiger charge is 2.37. The minimum Gasteiger partial charge on any atom is -0.306 e. The Kier molecular flexibility index (Phi) is 5.68. The van der Waals surface area contributed by atoms with E-state index >= 15 is 0 Å². The van der Waals surface area contributed by atoms with E-state index in [-0.39, 0.29) is 11.4 Å². The van der Waals surface area contributed by atoms with Crippen LogP contribution in [0.2, 0.25) is 5.02 Å². The molecule has 0 aliphatic carbocycles. The van der Waals surface area contributed by atoms with Crippen LogP contribution in [0.25, 0.3) is 16.5 Å². The van der Waals surface area contributed by atoms with E-state index in [0.717, 1.165) is 25.8 Å². The van der Waals surface area contributed by atoms with Crippen molar-refractivity contribution in [1.29, 1.82) is 0 Å². The summed E-state index contributed by atoms with van der Waals surface area (Å²) in [5.74, 6) is -1.13. The van der Waals surface area contributed by atoms with Gasteiger partial charge in [0, 0.05) is 23.1 Å². The van der Waals surface area contributed by atoms with Gasteiger partial charge in [-0.1, -0.05) is 35.9 Å². The number of benzene rings is 3. The van der Waals surface area contributed by atoms with Gasteiger partial charge in [-0.15, -0.1) is 0 Å². The fourth-order valence-corrected chi connectivity index (χ4v) is 5.44. The molecular weight excluding hydrogens is 476 g/mol. The molecule has 0 spiro atoms. The van der Waals surface area contributed by atoms with Crippen LogP contribution < -0.4 is 0 Å². The van der Waals surface area contributed by atoms with Gasteiger partial charge in [-0.05, 0) is 52.7 Å². The molecule has 0 saturated carbocycles. The second-order valence-electron chi connectivity index (χ2n) is 7.94. The fourth-order valence-electron chi connectivity index (χ4n) is 3.89. The summed E-state index contributed by atoms with van der Waals surface area (Å²) in [6.07, 6.45) is 5.16. The number of imide groups is 1. The molecule has 0 N–H and O–H groups in total. The predicted octanol–water partition coefficient (Wildman–Crippen LogP) is 3.24. The molecule has 8 nitrogen and oxygen atoms in total. The maximum atomic E-state index is 13.2. The second-order valence-corrected chi connectivity index (χ2v) is 10.3. The Labute approximate surface area is 201 Å². The third kappa shape index (κ3) is 4.21. The molecule has 172 valence electrons. The normalized spacial score (nSPS) is 15.3. The van der Waals surface area contributed by atoms with Crippen molar-refractivity contribution in [3.63, 3.8) is 0 Å². The molecule has 5 rings (SSSR count). The molecule has 2 heterocycles. The lowest BCUT2D eigenvalue weighted by molar-refractivity contribution is -0.149. The van der Waals surface area contributed by atoms with Crippen molar-refractivity contribution in [1.82, 2.24) is 18.8 Å². The lowest BCUT2D eigenvalue weighted by atomic mass is 10.1. The number of piperazine rings is 1. The summed E-state index contributed by atoms with van der Waals surface area (Å²) in [6, 6.07) is 17.1. The summed E-state index contributed by atoms with van der Waals surface area (Å²) in [6.45, 7) is -0.730. The minimum absolute atomic E-state index is 0.0199. The van der Waals surface area contributed by atoms with Gasteiger partial charge in [0.1, 0.15) is 0 Å².